The lowest BCUT2D eigenvalue weighted by molar-refractivity contribution is -0.120. The summed E-state index contributed by atoms with van der Waals surface area (Å²) in [6, 6.07) is 4.32. The molecule has 2 aliphatic heterocycles. The van der Waals surface area contributed by atoms with E-state index in [1.54, 1.807) is 6.07 Å². The van der Waals surface area contributed by atoms with E-state index in [4.69, 9.17) is 0 Å². The molecule has 2 aliphatic rings. The number of nitrogens with one attached hydrogen (secondary N) is 1. The van der Waals surface area contributed by atoms with Crippen molar-refractivity contribution in [1.29, 1.82) is 0 Å². The molecule has 2 saturated heterocycles. The summed E-state index contributed by atoms with van der Waals surface area (Å²) in [5.41, 5.74) is 1.45. The van der Waals surface area contributed by atoms with Crippen molar-refractivity contribution in [3.63, 3.8) is 0 Å². The number of hydrogen-bond donors (Lipinski definition) is 1. The van der Waals surface area contributed by atoms with Gasteiger partial charge in [0.1, 0.15) is 5.82 Å². The van der Waals surface area contributed by atoms with E-state index in [9.17, 15) is 9.18 Å². The van der Waals surface area contributed by atoms with Gasteiger partial charge in [0.05, 0.1) is 6.04 Å². The molecule has 0 saturated carbocycles. The highest BCUT2D eigenvalue weighted by molar-refractivity contribution is 5.95. The predicted molar refractivity (Wildman–Crippen MR) is 99.2 cm³/mol. The van der Waals surface area contributed by atoms with E-state index >= 15 is 0 Å². The zero-order valence-corrected chi connectivity index (χ0v) is 15.4. The number of amides is 1. The molecule has 0 bridgehead atoms. The summed E-state index contributed by atoms with van der Waals surface area (Å²) in [5.74, 6) is 0.285. The van der Waals surface area contributed by atoms with E-state index in [2.05, 4.69) is 15.1 Å². The Morgan fingerprint density at radius 2 is 2.04 bits per heavy atom. The van der Waals surface area contributed by atoms with Gasteiger partial charge in [0.15, 0.2) is 0 Å². The summed E-state index contributed by atoms with van der Waals surface area (Å²) in [4.78, 5) is 17.4. The summed E-state index contributed by atoms with van der Waals surface area (Å²) in [5, 5.41) is 2.89. The van der Waals surface area contributed by atoms with Crippen LogP contribution >= 0.6 is 0 Å². The number of piperidine rings is 1. The van der Waals surface area contributed by atoms with E-state index in [1.807, 2.05) is 13.8 Å². The summed E-state index contributed by atoms with van der Waals surface area (Å²) < 4.78 is 13.4. The van der Waals surface area contributed by atoms with Crippen LogP contribution in [-0.2, 0) is 4.79 Å². The lowest BCUT2D eigenvalue weighted by Gasteiger charge is -2.29. The fourth-order valence-corrected chi connectivity index (χ4v) is 4.00. The van der Waals surface area contributed by atoms with Crippen molar-refractivity contribution in [3.8, 4) is 0 Å². The number of aryl methyl sites for hydroxylation is 1. The number of hydrogen-bond acceptors (Lipinski definition) is 3. The number of carbonyl (C=O) groups excluding carboxylic acids is 1. The molecule has 1 aromatic rings. The summed E-state index contributed by atoms with van der Waals surface area (Å²) in [7, 11) is 0. The fourth-order valence-electron chi connectivity index (χ4n) is 4.00. The van der Waals surface area contributed by atoms with Gasteiger partial charge in [0.25, 0.3) is 0 Å². The maximum Gasteiger partial charge on any atom is 0.241 e. The van der Waals surface area contributed by atoms with Crippen LogP contribution < -0.4 is 5.32 Å². The van der Waals surface area contributed by atoms with Crippen LogP contribution in [0.15, 0.2) is 18.2 Å². The Morgan fingerprint density at radius 3 is 2.80 bits per heavy atom. The van der Waals surface area contributed by atoms with Crippen molar-refractivity contribution < 1.29 is 9.18 Å². The van der Waals surface area contributed by atoms with Gasteiger partial charge < -0.3 is 10.2 Å². The molecule has 25 heavy (non-hydrogen) atoms. The molecule has 1 aromatic carbocycles. The Balaban J connectivity index is 1.51. The molecule has 0 aliphatic carbocycles. The molecule has 138 valence electrons. The fraction of sp³-hybridized carbons (Fsp3) is 0.650. The van der Waals surface area contributed by atoms with E-state index < -0.39 is 0 Å². The van der Waals surface area contributed by atoms with Crippen molar-refractivity contribution in [2.24, 2.45) is 5.92 Å². The Labute approximate surface area is 150 Å². The topological polar surface area (TPSA) is 35.6 Å². The largest absolute Gasteiger partial charge is 0.324 e. The average molecular weight is 347 g/mol. The molecular formula is C20H30FN3O. The Kier molecular flexibility index (Phi) is 6.07. The number of halogens is 1. The molecule has 0 unspecified atom stereocenters. The highest BCUT2D eigenvalue weighted by Gasteiger charge is 2.30. The summed E-state index contributed by atoms with van der Waals surface area (Å²) in [6.07, 6.45) is 5.17. The Hall–Kier alpha value is -1.46. The first-order valence-electron chi connectivity index (χ1n) is 9.56. The number of carbonyl (C=O) groups is 1. The maximum absolute atomic E-state index is 13.4. The molecule has 3 rings (SSSR count). The van der Waals surface area contributed by atoms with E-state index in [0.717, 1.165) is 31.6 Å². The van der Waals surface area contributed by atoms with Crippen LogP contribution in [0.25, 0.3) is 0 Å². The van der Waals surface area contributed by atoms with Gasteiger partial charge in [-0.05, 0) is 76.4 Å². The minimum Gasteiger partial charge on any atom is -0.324 e. The van der Waals surface area contributed by atoms with Gasteiger partial charge in [-0.1, -0.05) is 12.5 Å². The predicted octanol–water partition coefficient (Wildman–Crippen LogP) is 3.27. The average Bonchev–Trinajstić information content (AvgIpc) is 3.06. The Bertz CT molecular complexity index is 601. The normalized spacial score (nSPS) is 23.6. The number of anilines is 1. The monoisotopic (exact) mass is 347 g/mol. The lowest BCUT2D eigenvalue weighted by Crippen LogP contribution is -2.41. The van der Waals surface area contributed by atoms with Crippen LogP contribution in [0.1, 0.15) is 38.2 Å². The Morgan fingerprint density at radius 1 is 1.28 bits per heavy atom. The first-order valence-corrected chi connectivity index (χ1v) is 9.56. The maximum atomic E-state index is 13.4. The smallest absolute Gasteiger partial charge is 0.241 e. The second-order valence-electron chi connectivity index (χ2n) is 7.64. The minimum absolute atomic E-state index is 0.0488. The highest BCUT2D eigenvalue weighted by atomic mass is 19.1. The van der Waals surface area contributed by atoms with Gasteiger partial charge in [0.2, 0.25) is 5.91 Å². The highest BCUT2D eigenvalue weighted by Crippen LogP contribution is 2.23. The first kappa shape index (κ1) is 18.3. The molecule has 2 heterocycles. The third kappa shape index (κ3) is 4.79. The molecule has 4 nitrogen and oxygen atoms in total. The van der Waals surface area contributed by atoms with Gasteiger partial charge in [0, 0.05) is 18.8 Å². The second-order valence-corrected chi connectivity index (χ2v) is 7.64. The van der Waals surface area contributed by atoms with Crippen LogP contribution in [-0.4, -0.2) is 54.5 Å². The van der Waals surface area contributed by atoms with Crippen LogP contribution in [0.2, 0.25) is 0 Å². The van der Waals surface area contributed by atoms with Crippen molar-refractivity contribution in [2.75, 3.05) is 38.0 Å². The van der Waals surface area contributed by atoms with Crippen LogP contribution in [0.3, 0.4) is 0 Å². The summed E-state index contributed by atoms with van der Waals surface area (Å²) >= 11 is 0. The zero-order valence-electron chi connectivity index (χ0n) is 15.4. The van der Waals surface area contributed by atoms with Crippen molar-refractivity contribution in [3.05, 3.63) is 29.6 Å². The molecule has 2 fully saturated rings. The summed E-state index contributed by atoms with van der Waals surface area (Å²) in [6.45, 7) is 9.39. The molecule has 0 spiro atoms. The number of likely N-dealkylation sites (tertiary alicyclic amines) is 2. The van der Waals surface area contributed by atoms with E-state index in [-0.39, 0.29) is 17.8 Å². The molecule has 0 aromatic heterocycles. The zero-order chi connectivity index (χ0) is 17.8. The van der Waals surface area contributed by atoms with Crippen molar-refractivity contribution >= 4 is 11.6 Å². The second kappa shape index (κ2) is 8.28. The standard InChI is InChI=1S/C20H30FN3O/c1-15-6-7-18(21)12-19(15)22-20(25)16(2)24-11-8-17(14-24)13-23-9-4-3-5-10-23/h6-7,12,16-17H,3-5,8-11,13-14H2,1-2H3,(H,22,25)/t16-,17+/m1/s1. The molecule has 1 amide bonds. The first-order chi connectivity index (χ1) is 12.0. The van der Waals surface area contributed by atoms with Crippen LogP contribution in [0.5, 0.6) is 0 Å². The van der Waals surface area contributed by atoms with Crippen molar-refractivity contribution in [1.82, 2.24) is 9.80 Å². The van der Waals surface area contributed by atoms with Crippen molar-refractivity contribution in [2.45, 2.75) is 45.6 Å². The van der Waals surface area contributed by atoms with Gasteiger partial charge in [-0.3, -0.25) is 9.69 Å². The van der Waals surface area contributed by atoms with Crippen LogP contribution in [0, 0.1) is 18.7 Å². The number of nitrogens with zero attached hydrogens (tertiary/aromatic N) is 2. The third-order valence-corrected chi connectivity index (χ3v) is 5.67. The molecule has 0 radical (unpaired) electrons. The van der Waals surface area contributed by atoms with Gasteiger partial charge in [-0.25, -0.2) is 4.39 Å². The third-order valence-electron chi connectivity index (χ3n) is 5.67. The SMILES string of the molecule is Cc1ccc(F)cc1NC(=O)[C@@H](C)N1CC[C@@H](CN2CCCCC2)C1. The van der Waals surface area contributed by atoms with Gasteiger partial charge >= 0.3 is 0 Å². The lowest BCUT2D eigenvalue weighted by atomic mass is 10.1. The molecular weight excluding hydrogens is 317 g/mol. The molecule has 5 heteroatoms. The van der Waals surface area contributed by atoms with E-state index in [0.29, 0.717) is 11.6 Å². The van der Waals surface area contributed by atoms with Gasteiger partial charge in [-0.2, -0.15) is 0 Å². The molecule has 2 atom stereocenters. The minimum atomic E-state index is -0.323. The van der Waals surface area contributed by atoms with Crippen LogP contribution in [0.4, 0.5) is 10.1 Å². The molecule has 1 N–H and O–H groups in total. The number of rotatable bonds is 5. The van der Waals surface area contributed by atoms with Gasteiger partial charge in [-0.15, -0.1) is 0 Å². The number of benzene rings is 1. The quantitative estimate of drug-likeness (QED) is 0.888. The van der Waals surface area contributed by atoms with E-state index in [1.165, 1.54) is 44.5 Å².